The lowest BCUT2D eigenvalue weighted by molar-refractivity contribution is -0.0532. The number of methoxy groups -OCH3 is 2. The predicted octanol–water partition coefficient (Wildman–Crippen LogP) is -0.489. The zero-order chi connectivity index (χ0) is 8.81. The lowest BCUT2D eigenvalue weighted by atomic mass is 10.3. The minimum Gasteiger partial charge on any atom is -0.383 e. The van der Waals surface area contributed by atoms with Crippen molar-refractivity contribution in [2.24, 2.45) is 0 Å². The molecule has 72 valence electrons. The van der Waals surface area contributed by atoms with Crippen molar-refractivity contribution in [3.05, 3.63) is 0 Å². The van der Waals surface area contributed by atoms with Gasteiger partial charge in [-0.15, -0.1) is 0 Å². The second-order valence-corrected chi connectivity index (χ2v) is 2.92. The summed E-state index contributed by atoms with van der Waals surface area (Å²) in [5, 5.41) is 3.28. The summed E-state index contributed by atoms with van der Waals surface area (Å²) >= 11 is 0. The van der Waals surface area contributed by atoms with Gasteiger partial charge in [-0.1, -0.05) is 0 Å². The van der Waals surface area contributed by atoms with Crippen molar-refractivity contribution in [3.8, 4) is 0 Å². The fraction of sp³-hybridized carbons (Fsp3) is 1.00. The van der Waals surface area contributed by atoms with E-state index in [4.69, 9.17) is 9.47 Å². The Morgan fingerprint density at radius 3 is 3.00 bits per heavy atom. The molecular weight excluding hydrogens is 156 g/mol. The van der Waals surface area contributed by atoms with Crippen LogP contribution in [0.1, 0.15) is 0 Å². The first kappa shape index (κ1) is 9.92. The molecule has 1 heterocycles. The second-order valence-electron chi connectivity index (χ2n) is 2.92. The van der Waals surface area contributed by atoms with Crippen LogP contribution in [0.15, 0.2) is 0 Å². The molecule has 0 spiro atoms. The third kappa shape index (κ3) is 2.71. The van der Waals surface area contributed by atoms with E-state index < -0.39 is 0 Å². The van der Waals surface area contributed by atoms with Gasteiger partial charge in [-0.05, 0) is 0 Å². The van der Waals surface area contributed by atoms with Crippen LogP contribution in [0.25, 0.3) is 0 Å². The quantitative estimate of drug-likeness (QED) is 0.623. The van der Waals surface area contributed by atoms with Gasteiger partial charge in [-0.3, -0.25) is 4.90 Å². The van der Waals surface area contributed by atoms with Crippen LogP contribution in [-0.4, -0.2) is 58.1 Å². The topological polar surface area (TPSA) is 33.7 Å². The molecule has 1 aliphatic rings. The van der Waals surface area contributed by atoms with Gasteiger partial charge in [0.2, 0.25) is 0 Å². The second kappa shape index (κ2) is 5.48. The van der Waals surface area contributed by atoms with Gasteiger partial charge in [0, 0.05) is 40.4 Å². The average molecular weight is 174 g/mol. The summed E-state index contributed by atoms with van der Waals surface area (Å²) < 4.78 is 10.3. The van der Waals surface area contributed by atoms with Gasteiger partial charge >= 0.3 is 0 Å². The molecular formula is C8H18N2O2. The number of hydrogen-bond donors (Lipinski definition) is 1. The monoisotopic (exact) mass is 174 g/mol. The van der Waals surface area contributed by atoms with E-state index in [-0.39, 0.29) is 6.23 Å². The lowest BCUT2D eigenvalue weighted by Gasteiger charge is -2.34. The van der Waals surface area contributed by atoms with Gasteiger partial charge < -0.3 is 14.8 Å². The molecule has 4 heteroatoms. The van der Waals surface area contributed by atoms with Crippen LogP contribution in [0.4, 0.5) is 0 Å². The van der Waals surface area contributed by atoms with Crippen LogP contribution in [0, 0.1) is 0 Å². The van der Waals surface area contributed by atoms with Crippen molar-refractivity contribution in [2.45, 2.75) is 6.23 Å². The molecule has 12 heavy (non-hydrogen) atoms. The highest BCUT2D eigenvalue weighted by Gasteiger charge is 2.20. The molecule has 0 aromatic rings. The van der Waals surface area contributed by atoms with E-state index in [0.717, 1.165) is 32.8 Å². The highest BCUT2D eigenvalue weighted by atomic mass is 16.5. The average Bonchev–Trinajstić information content (AvgIpc) is 2.15. The van der Waals surface area contributed by atoms with E-state index >= 15 is 0 Å². The molecule has 1 unspecified atom stereocenters. The zero-order valence-electron chi connectivity index (χ0n) is 7.88. The fourth-order valence-corrected chi connectivity index (χ4v) is 1.42. The normalized spacial score (nSPS) is 26.0. The van der Waals surface area contributed by atoms with Crippen molar-refractivity contribution in [1.82, 2.24) is 10.2 Å². The number of piperazine rings is 1. The SMILES string of the molecule is COCCN1CCNCC1OC. The first-order valence-electron chi connectivity index (χ1n) is 4.35. The Bertz CT molecular complexity index is 122. The van der Waals surface area contributed by atoms with Gasteiger partial charge in [0.1, 0.15) is 6.23 Å². The number of nitrogens with one attached hydrogen (secondary N) is 1. The lowest BCUT2D eigenvalue weighted by Crippen LogP contribution is -2.52. The van der Waals surface area contributed by atoms with Gasteiger partial charge in [0.25, 0.3) is 0 Å². The van der Waals surface area contributed by atoms with Crippen LogP contribution in [-0.2, 0) is 9.47 Å². The third-order valence-electron chi connectivity index (χ3n) is 2.16. The van der Waals surface area contributed by atoms with E-state index in [1.54, 1.807) is 14.2 Å². The van der Waals surface area contributed by atoms with Gasteiger partial charge in [-0.25, -0.2) is 0 Å². The van der Waals surface area contributed by atoms with Crippen LogP contribution < -0.4 is 5.32 Å². The van der Waals surface area contributed by atoms with Crippen LogP contribution in [0.2, 0.25) is 0 Å². The first-order chi connectivity index (χ1) is 5.88. The highest BCUT2D eigenvalue weighted by Crippen LogP contribution is 2.02. The number of nitrogens with zero attached hydrogens (tertiary/aromatic N) is 1. The molecule has 0 amide bonds. The minimum absolute atomic E-state index is 0.217. The van der Waals surface area contributed by atoms with Crippen molar-refractivity contribution >= 4 is 0 Å². The molecule has 1 saturated heterocycles. The highest BCUT2D eigenvalue weighted by molar-refractivity contribution is 4.72. The third-order valence-corrected chi connectivity index (χ3v) is 2.16. The van der Waals surface area contributed by atoms with Crippen molar-refractivity contribution < 1.29 is 9.47 Å². The summed E-state index contributed by atoms with van der Waals surface area (Å²) in [4.78, 5) is 2.29. The van der Waals surface area contributed by atoms with Crippen molar-refractivity contribution in [1.29, 1.82) is 0 Å². The molecule has 1 atom stereocenters. The maximum Gasteiger partial charge on any atom is 0.122 e. The minimum atomic E-state index is 0.217. The zero-order valence-corrected chi connectivity index (χ0v) is 7.88. The standard InChI is InChI=1S/C8H18N2O2/c1-11-6-5-10-4-3-9-7-8(10)12-2/h8-9H,3-7H2,1-2H3. The smallest absolute Gasteiger partial charge is 0.122 e. The maximum atomic E-state index is 5.31. The number of rotatable bonds is 4. The van der Waals surface area contributed by atoms with Crippen LogP contribution in [0.3, 0.4) is 0 Å². The number of ether oxygens (including phenoxy) is 2. The van der Waals surface area contributed by atoms with Gasteiger partial charge in [0.05, 0.1) is 6.61 Å². The molecule has 0 aliphatic carbocycles. The molecule has 0 radical (unpaired) electrons. The number of hydrogen-bond acceptors (Lipinski definition) is 4. The Labute approximate surface area is 73.8 Å². The van der Waals surface area contributed by atoms with E-state index in [1.807, 2.05) is 0 Å². The summed E-state index contributed by atoms with van der Waals surface area (Å²) in [5.74, 6) is 0. The largest absolute Gasteiger partial charge is 0.383 e. The van der Waals surface area contributed by atoms with E-state index in [1.165, 1.54) is 0 Å². The fourth-order valence-electron chi connectivity index (χ4n) is 1.42. The Hall–Kier alpha value is -0.160. The predicted molar refractivity (Wildman–Crippen MR) is 47.1 cm³/mol. The molecule has 0 bridgehead atoms. The summed E-state index contributed by atoms with van der Waals surface area (Å²) in [6.45, 7) is 4.74. The van der Waals surface area contributed by atoms with Crippen molar-refractivity contribution in [2.75, 3.05) is 47.0 Å². The maximum absolute atomic E-state index is 5.31. The Balaban J connectivity index is 2.26. The Morgan fingerprint density at radius 1 is 1.50 bits per heavy atom. The first-order valence-corrected chi connectivity index (χ1v) is 4.35. The molecule has 0 aromatic carbocycles. The van der Waals surface area contributed by atoms with E-state index in [0.29, 0.717) is 0 Å². The Morgan fingerprint density at radius 2 is 2.33 bits per heavy atom. The summed E-state index contributed by atoms with van der Waals surface area (Å²) in [6.07, 6.45) is 0.217. The molecule has 0 aromatic heterocycles. The van der Waals surface area contributed by atoms with Crippen LogP contribution in [0.5, 0.6) is 0 Å². The molecule has 1 aliphatic heterocycles. The summed E-state index contributed by atoms with van der Waals surface area (Å²) in [5.41, 5.74) is 0. The summed E-state index contributed by atoms with van der Waals surface area (Å²) in [7, 11) is 3.47. The van der Waals surface area contributed by atoms with Crippen molar-refractivity contribution in [3.63, 3.8) is 0 Å². The van der Waals surface area contributed by atoms with Crippen LogP contribution >= 0.6 is 0 Å². The molecule has 1 fully saturated rings. The Kier molecular flexibility index (Phi) is 4.53. The van der Waals surface area contributed by atoms with E-state index in [9.17, 15) is 0 Å². The molecule has 1 rings (SSSR count). The van der Waals surface area contributed by atoms with Gasteiger partial charge in [-0.2, -0.15) is 0 Å². The summed E-state index contributed by atoms with van der Waals surface area (Å²) in [6, 6.07) is 0. The molecule has 0 saturated carbocycles. The molecule has 4 nitrogen and oxygen atoms in total. The van der Waals surface area contributed by atoms with Gasteiger partial charge in [0.15, 0.2) is 0 Å². The molecule has 1 N–H and O–H groups in total. The van der Waals surface area contributed by atoms with E-state index in [2.05, 4.69) is 10.2 Å².